The normalized spacial score (nSPS) is 12.4. The second-order valence-corrected chi connectivity index (χ2v) is 8.74. The molecule has 3 aromatic heterocycles. The van der Waals surface area contributed by atoms with Crippen LogP contribution in [0.1, 0.15) is 19.2 Å². The van der Waals surface area contributed by atoms with Crippen molar-refractivity contribution in [2.75, 3.05) is 12.9 Å². The van der Waals surface area contributed by atoms with E-state index in [2.05, 4.69) is 20.2 Å². The van der Waals surface area contributed by atoms with Gasteiger partial charge in [-0.25, -0.2) is 9.78 Å². The zero-order chi connectivity index (χ0) is 24.5. The molecule has 0 spiro atoms. The molecule has 0 bridgehead atoms. The number of aryl methyl sites for hydroxylation is 1. The number of H-pyrrole nitrogens is 1. The molecule has 2 N–H and O–H groups in total. The van der Waals surface area contributed by atoms with Gasteiger partial charge in [0.25, 0.3) is 5.56 Å². The molecule has 3 heterocycles. The van der Waals surface area contributed by atoms with Gasteiger partial charge < -0.3 is 14.8 Å². The molecule has 10 nitrogen and oxygen atoms in total. The van der Waals surface area contributed by atoms with Gasteiger partial charge in [0, 0.05) is 6.54 Å². The number of aromatic amines is 1. The molecule has 0 atom stereocenters. The number of aliphatic hydroxyl groups is 1. The van der Waals surface area contributed by atoms with Gasteiger partial charge in [-0.15, -0.1) is 10.2 Å². The highest BCUT2D eigenvalue weighted by Gasteiger charge is 2.23. The minimum absolute atomic E-state index is 0.00348. The lowest BCUT2D eigenvalue weighted by Crippen LogP contribution is -2.23. The molecule has 0 amide bonds. The number of fused-ring (bicyclic) bond motifs is 4. The van der Waals surface area contributed by atoms with E-state index < -0.39 is 5.97 Å². The van der Waals surface area contributed by atoms with Crippen LogP contribution in [0.5, 0.6) is 0 Å². The minimum Gasteiger partial charge on any atom is -0.510 e. The van der Waals surface area contributed by atoms with Gasteiger partial charge in [-0.05, 0) is 30.7 Å². The first kappa shape index (κ1) is 22.7. The molecule has 0 fully saturated rings. The van der Waals surface area contributed by atoms with Crippen molar-refractivity contribution in [1.82, 2.24) is 29.1 Å². The molecule has 0 aliphatic rings. The summed E-state index contributed by atoms with van der Waals surface area (Å²) in [6.07, 6.45) is 0.757. The number of ether oxygens (including phenoxy) is 1. The van der Waals surface area contributed by atoms with E-state index in [-0.39, 0.29) is 28.5 Å². The summed E-state index contributed by atoms with van der Waals surface area (Å²) in [5, 5.41) is 20.5. The maximum atomic E-state index is 13.0. The van der Waals surface area contributed by atoms with Crippen LogP contribution in [0.2, 0.25) is 0 Å². The van der Waals surface area contributed by atoms with E-state index in [1.165, 1.54) is 18.9 Å². The predicted octanol–water partition coefficient (Wildman–Crippen LogP) is 3.56. The number of hydrogen-bond acceptors (Lipinski definition) is 8. The number of carbonyl (C=O) groups is 1. The molecule has 35 heavy (non-hydrogen) atoms. The second-order valence-electron chi connectivity index (χ2n) is 7.80. The number of imidazole rings is 1. The lowest BCUT2D eigenvalue weighted by atomic mass is 10.2. The molecule has 5 aromatic rings. The Bertz CT molecular complexity index is 1630. The fraction of sp³-hybridized carbons (Fsp3) is 0.208. The van der Waals surface area contributed by atoms with Crippen molar-refractivity contribution in [2.24, 2.45) is 0 Å². The first-order valence-electron chi connectivity index (χ1n) is 11.0. The van der Waals surface area contributed by atoms with Crippen LogP contribution < -0.4 is 5.56 Å². The second kappa shape index (κ2) is 9.26. The topological polar surface area (TPSA) is 127 Å². The number of aliphatic hydroxyl groups excluding tert-OH is 1. The van der Waals surface area contributed by atoms with Gasteiger partial charge >= 0.3 is 5.97 Å². The number of thioether (sulfide) groups is 1. The molecule has 0 aliphatic carbocycles. The smallest absolute Gasteiger partial charge is 0.345 e. The van der Waals surface area contributed by atoms with Crippen LogP contribution in [0.4, 0.5) is 0 Å². The standard InChI is InChI=1S/C24H22N6O4S/c1-3-12-29-21(32)14-8-4-7-11-17(14)30-23(29)27-28-24(30)35-13-18(31)19(22(33)34-2)20-25-15-9-5-6-10-16(15)26-20/h4-11,31H,3,12-13H2,1-2H3,(H,25,26)/b19-18+. The van der Waals surface area contributed by atoms with E-state index in [9.17, 15) is 14.7 Å². The Kier molecular flexibility index (Phi) is 6.00. The largest absolute Gasteiger partial charge is 0.510 e. The SMILES string of the molecule is CCCn1c(=O)c2ccccc2n2c(SC/C(O)=C(\C(=O)OC)c3nc4ccccc4[nH]3)nnc12. The number of carbonyl (C=O) groups excluding carboxylic acids is 1. The summed E-state index contributed by atoms with van der Waals surface area (Å²) < 4.78 is 8.30. The predicted molar refractivity (Wildman–Crippen MR) is 133 cm³/mol. The maximum Gasteiger partial charge on any atom is 0.345 e. The van der Waals surface area contributed by atoms with E-state index in [0.29, 0.717) is 33.9 Å². The monoisotopic (exact) mass is 490 g/mol. The van der Waals surface area contributed by atoms with Crippen molar-refractivity contribution in [2.45, 2.75) is 25.0 Å². The number of hydrogen-bond donors (Lipinski definition) is 2. The molecule has 0 saturated heterocycles. The highest BCUT2D eigenvalue weighted by atomic mass is 32.2. The average Bonchev–Trinajstić information content (AvgIpc) is 3.49. The lowest BCUT2D eigenvalue weighted by molar-refractivity contribution is -0.133. The van der Waals surface area contributed by atoms with Crippen LogP contribution in [0.3, 0.4) is 0 Å². The third kappa shape index (κ3) is 3.93. The number of rotatable bonds is 7. The fourth-order valence-corrected chi connectivity index (χ4v) is 4.80. The van der Waals surface area contributed by atoms with Gasteiger partial charge in [-0.3, -0.25) is 13.8 Å². The van der Waals surface area contributed by atoms with Crippen molar-refractivity contribution < 1.29 is 14.6 Å². The summed E-state index contributed by atoms with van der Waals surface area (Å²) in [7, 11) is 1.25. The van der Waals surface area contributed by atoms with Gasteiger partial charge in [0.2, 0.25) is 5.78 Å². The van der Waals surface area contributed by atoms with Crippen molar-refractivity contribution in [3.63, 3.8) is 0 Å². The summed E-state index contributed by atoms with van der Waals surface area (Å²) in [5.41, 5.74) is 1.87. The average molecular weight is 491 g/mol. The number of para-hydroxylation sites is 3. The molecule has 2 aromatic carbocycles. The quantitative estimate of drug-likeness (QED) is 0.153. The van der Waals surface area contributed by atoms with Crippen molar-refractivity contribution in [1.29, 1.82) is 0 Å². The summed E-state index contributed by atoms with van der Waals surface area (Å²) in [6, 6.07) is 14.6. The zero-order valence-electron chi connectivity index (χ0n) is 19.1. The lowest BCUT2D eigenvalue weighted by Gasteiger charge is -2.10. The Morgan fingerprint density at radius 3 is 2.69 bits per heavy atom. The molecular weight excluding hydrogens is 468 g/mol. The van der Waals surface area contributed by atoms with E-state index in [1.54, 1.807) is 21.1 Å². The number of methoxy groups -OCH3 is 1. The molecular formula is C24H22N6O4S. The number of nitrogens with zero attached hydrogens (tertiary/aromatic N) is 5. The molecule has 0 unspecified atom stereocenters. The maximum absolute atomic E-state index is 13.0. The van der Waals surface area contributed by atoms with Crippen LogP contribution in [0.15, 0.2) is 64.2 Å². The molecule has 0 saturated carbocycles. The highest BCUT2D eigenvalue weighted by Crippen LogP contribution is 2.27. The van der Waals surface area contributed by atoms with Crippen LogP contribution in [-0.2, 0) is 16.1 Å². The van der Waals surface area contributed by atoms with E-state index in [1.807, 2.05) is 43.3 Å². The minimum atomic E-state index is -0.713. The Labute approximate surface area is 203 Å². The number of esters is 1. The number of aromatic nitrogens is 6. The third-order valence-electron chi connectivity index (χ3n) is 5.57. The van der Waals surface area contributed by atoms with Crippen LogP contribution in [-0.4, -0.2) is 53.1 Å². The van der Waals surface area contributed by atoms with Crippen molar-refractivity contribution in [3.05, 3.63) is 70.5 Å². The Morgan fingerprint density at radius 2 is 1.91 bits per heavy atom. The summed E-state index contributed by atoms with van der Waals surface area (Å²) >= 11 is 1.19. The molecule has 5 rings (SSSR count). The van der Waals surface area contributed by atoms with Crippen LogP contribution in [0, 0.1) is 0 Å². The highest BCUT2D eigenvalue weighted by molar-refractivity contribution is 7.99. The summed E-state index contributed by atoms with van der Waals surface area (Å²) in [5.74, 6) is -0.292. The van der Waals surface area contributed by atoms with Gasteiger partial charge in [-0.1, -0.05) is 43.0 Å². The number of benzene rings is 2. The van der Waals surface area contributed by atoms with E-state index in [0.717, 1.165) is 11.9 Å². The van der Waals surface area contributed by atoms with Gasteiger partial charge in [0.15, 0.2) is 5.16 Å². The van der Waals surface area contributed by atoms with Gasteiger partial charge in [0.05, 0.1) is 34.8 Å². The van der Waals surface area contributed by atoms with Crippen molar-refractivity contribution >= 4 is 51.0 Å². The summed E-state index contributed by atoms with van der Waals surface area (Å²) in [4.78, 5) is 33.0. The van der Waals surface area contributed by atoms with Crippen molar-refractivity contribution in [3.8, 4) is 0 Å². The first-order chi connectivity index (χ1) is 17.0. The molecule has 0 radical (unpaired) electrons. The van der Waals surface area contributed by atoms with Crippen LogP contribution in [0.25, 0.3) is 33.3 Å². The molecule has 0 aliphatic heterocycles. The van der Waals surface area contributed by atoms with Crippen LogP contribution >= 0.6 is 11.8 Å². The van der Waals surface area contributed by atoms with E-state index in [4.69, 9.17) is 4.74 Å². The molecule has 178 valence electrons. The fourth-order valence-electron chi connectivity index (χ4n) is 3.98. The van der Waals surface area contributed by atoms with E-state index >= 15 is 0 Å². The third-order valence-corrected chi connectivity index (χ3v) is 6.51. The Hall–Kier alpha value is -4.12. The number of nitrogens with one attached hydrogen (secondary N) is 1. The van der Waals surface area contributed by atoms with Gasteiger partial charge in [-0.2, -0.15) is 0 Å². The Morgan fingerprint density at radius 1 is 1.14 bits per heavy atom. The summed E-state index contributed by atoms with van der Waals surface area (Å²) in [6.45, 7) is 2.49. The zero-order valence-corrected chi connectivity index (χ0v) is 19.9. The van der Waals surface area contributed by atoms with Gasteiger partial charge in [0.1, 0.15) is 17.2 Å². The molecule has 11 heteroatoms. The Balaban J connectivity index is 1.58. The first-order valence-corrected chi connectivity index (χ1v) is 12.0.